The third-order valence-electron chi connectivity index (χ3n) is 7.74. The van der Waals surface area contributed by atoms with E-state index >= 15 is 4.39 Å². The molecular formula is C27H29F2N4O3S+. The molecule has 0 bridgehead atoms. The van der Waals surface area contributed by atoms with Crippen LogP contribution in [0.1, 0.15) is 23.5 Å². The average molecular weight is 528 g/mol. The maximum atomic E-state index is 15.2. The molecule has 2 N–H and O–H groups in total. The quantitative estimate of drug-likeness (QED) is 0.491. The number of aromatic nitrogens is 1. The Morgan fingerprint density at radius 3 is 2.57 bits per heavy atom. The number of sulfonamides is 1. The Bertz CT molecular complexity index is 1400. The van der Waals surface area contributed by atoms with E-state index in [1.165, 1.54) is 23.0 Å². The van der Waals surface area contributed by atoms with Gasteiger partial charge in [-0.15, -0.1) is 0 Å². The Hall–Kier alpha value is -3.08. The summed E-state index contributed by atoms with van der Waals surface area (Å²) in [5.41, 5.74) is 2.69. The minimum absolute atomic E-state index is 0.192. The third kappa shape index (κ3) is 4.81. The number of nitrogens with one attached hydrogen (secondary N) is 2. The summed E-state index contributed by atoms with van der Waals surface area (Å²) in [5.74, 6) is -0.325. The fourth-order valence-corrected chi connectivity index (χ4v) is 6.77. The molecule has 3 aliphatic heterocycles. The monoisotopic (exact) mass is 527 g/mol. The highest BCUT2D eigenvalue weighted by molar-refractivity contribution is 7.89. The summed E-state index contributed by atoms with van der Waals surface area (Å²) in [6.45, 7) is 3.43. The fraction of sp³-hybridized carbons (Fsp3) is 0.370. The Morgan fingerprint density at radius 1 is 1.08 bits per heavy atom. The van der Waals surface area contributed by atoms with Gasteiger partial charge in [0.1, 0.15) is 34.9 Å². The van der Waals surface area contributed by atoms with Crippen molar-refractivity contribution in [3.63, 3.8) is 0 Å². The number of anilines is 1. The first-order valence-electron chi connectivity index (χ1n) is 12.6. The molecule has 0 spiro atoms. The van der Waals surface area contributed by atoms with E-state index in [2.05, 4.69) is 21.8 Å². The van der Waals surface area contributed by atoms with Crippen molar-refractivity contribution in [1.82, 2.24) is 9.71 Å². The SMILES string of the molecule is O=S(=O)(NC1CN(c2cc3c(cc2F)OC[C@@H]([NH+]2CCC2)[C@H]3Cc2ccccc2)C1)c1cncc(F)c1. The van der Waals surface area contributed by atoms with Crippen LogP contribution in [0.3, 0.4) is 0 Å². The normalized spacial score (nSPS) is 22.1. The molecule has 0 unspecified atom stereocenters. The van der Waals surface area contributed by atoms with E-state index in [-0.39, 0.29) is 16.6 Å². The van der Waals surface area contributed by atoms with Crippen LogP contribution in [0.5, 0.6) is 5.75 Å². The van der Waals surface area contributed by atoms with Crippen LogP contribution in [0, 0.1) is 11.6 Å². The van der Waals surface area contributed by atoms with Crippen LogP contribution in [0.15, 0.2) is 65.8 Å². The fourth-order valence-electron chi connectivity index (χ4n) is 5.58. The molecule has 6 rings (SSSR count). The number of ether oxygens (including phenoxy) is 1. The molecule has 2 aromatic carbocycles. The number of hydrogen-bond donors (Lipinski definition) is 2. The Labute approximate surface area is 215 Å². The Morgan fingerprint density at radius 2 is 1.86 bits per heavy atom. The van der Waals surface area contributed by atoms with E-state index in [1.807, 2.05) is 29.2 Å². The van der Waals surface area contributed by atoms with Crippen LogP contribution in [0.4, 0.5) is 14.5 Å². The Balaban J connectivity index is 1.22. The summed E-state index contributed by atoms with van der Waals surface area (Å²) in [4.78, 5) is 6.74. The summed E-state index contributed by atoms with van der Waals surface area (Å²) >= 11 is 0. The van der Waals surface area contributed by atoms with Gasteiger partial charge in [0.05, 0.1) is 31.0 Å². The molecule has 4 heterocycles. The standard InChI is InChI=1S/C27H28F2N4O3S/c28-19-10-21(14-30-13-19)37(34,35)31-20-15-33(16-20)25-11-23-22(9-18-5-2-1-3-6-18)26(32-7-4-8-32)17-36-27(23)12-24(25)29/h1-3,5-6,10-14,20,22,26,31H,4,7-9,15-17H2/p+1/t22-,26+/m0/s1. The van der Waals surface area contributed by atoms with Gasteiger partial charge >= 0.3 is 0 Å². The van der Waals surface area contributed by atoms with Crippen LogP contribution in [0.2, 0.25) is 0 Å². The maximum absolute atomic E-state index is 15.2. The number of rotatable bonds is 7. The van der Waals surface area contributed by atoms with Crippen LogP contribution >= 0.6 is 0 Å². The molecular weight excluding hydrogens is 498 g/mol. The lowest BCUT2D eigenvalue weighted by Crippen LogP contribution is -3.22. The van der Waals surface area contributed by atoms with Crippen molar-refractivity contribution in [1.29, 1.82) is 0 Å². The van der Waals surface area contributed by atoms with Crippen LogP contribution in [-0.2, 0) is 16.4 Å². The lowest BCUT2D eigenvalue weighted by Gasteiger charge is -2.44. The predicted molar refractivity (Wildman–Crippen MR) is 134 cm³/mol. The maximum Gasteiger partial charge on any atom is 0.242 e. The predicted octanol–water partition coefficient (Wildman–Crippen LogP) is 1.90. The van der Waals surface area contributed by atoms with Gasteiger partial charge < -0.3 is 14.5 Å². The van der Waals surface area contributed by atoms with Crippen molar-refractivity contribution in [3.05, 3.63) is 83.7 Å². The van der Waals surface area contributed by atoms with Gasteiger partial charge in [-0.25, -0.2) is 21.9 Å². The molecule has 0 aliphatic carbocycles. The highest BCUT2D eigenvalue weighted by Crippen LogP contribution is 2.40. The van der Waals surface area contributed by atoms with Crippen molar-refractivity contribution in [3.8, 4) is 5.75 Å². The second-order valence-corrected chi connectivity index (χ2v) is 11.8. The number of quaternary nitrogens is 1. The molecule has 2 atom stereocenters. The van der Waals surface area contributed by atoms with Gasteiger partial charge in [-0.1, -0.05) is 30.3 Å². The largest absolute Gasteiger partial charge is 0.487 e. The molecule has 2 saturated heterocycles. The smallest absolute Gasteiger partial charge is 0.242 e. The molecule has 10 heteroatoms. The van der Waals surface area contributed by atoms with Gasteiger partial charge in [-0.05, 0) is 24.1 Å². The number of pyridine rings is 1. The first kappa shape index (κ1) is 24.3. The zero-order chi connectivity index (χ0) is 25.6. The van der Waals surface area contributed by atoms with E-state index in [0.29, 0.717) is 37.2 Å². The molecule has 37 heavy (non-hydrogen) atoms. The van der Waals surface area contributed by atoms with Gasteiger partial charge in [-0.3, -0.25) is 4.98 Å². The molecule has 0 radical (unpaired) electrons. The second kappa shape index (κ2) is 9.66. The van der Waals surface area contributed by atoms with Crippen molar-refractivity contribution in [2.75, 3.05) is 37.7 Å². The lowest BCUT2D eigenvalue weighted by atomic mass is 9.82. The van der Waals surface area contributed by atoms with Crippen molar-refractivity contribution < 1.29 is 26.8 Å². The van der Waals surface area contributed by atoms with Crippen molar-refractivity contribution >= 4 is 15.7 Å². The highest BCUT2D eigenvalue weighted by Gasteiger charge is 2.42. The summed E-state index contributed by atoms with van der Waals surface area (Å²) < 4.78 is 62.5. The van der Waals surface area contributed by atoms with Crippen molar-refractivity contribution in [2.45, 2.75) is 35.7 Å². The first-order valence-corrected chi connectivity index (χ1v) is 14.1. The molecule has 2 fully saturated rings. The minimum atomic E-state index is -3.93. The number of hydrogen-bond acceptors (Lipinski definition) is 5. The highest BCUT2D eigenvalue weighted by atomic mass is 32.2. The van der Waals surface area contributed by atoms with Gasteiger partial charge in [0, 0.05) is 43.3 Å². The van der Waals surface area contributed by atoms with E-state index in [9.17, 15) is 12.8 Å². The summed E-state index contributed by atoms with van der Waals surface area (Å²) in [6, 6.07) is 14.5. The summed E-state index contributed by atoms with van der Waals surface area (Å²) in [7, 11) is -3.93. The topological polar surface area (TPSA) is 76.0 Å². The van der Waals surface area contributed by atoms with Gasteiger partial charge in [-0.2, -0.15) is 0 Å². The van der Waals surface area contributed by atoms with Gasteiger partial charge in [0.25, 0.3) is 0 Å². The third-order valence-corrected chi connectivity index (χ3v) is 9.22. The molecule has 3 aromatic rings. The van der Waals surface area contributed by atoms with Crippen molar-refractivity contribution in [2.24, 2.45) is 0 Å². The first-order chi connectivity index (χ1) is 17.9. The van der Waals surface area contributed by atoms with E-state index in [0.717, 1.165) is 43.5 Å². The van der Waals surface area contributed by atoms with E-state index in [1.54, 1.807) is 0 Å². The van der Waals surface area contributed by atoms with Gasteiger partial charge in [0.2, 0.25) is 10.0 Å². The average Bonchev–Trinajstić information content (AvgIpc) is 2.82. The van der Waals surface area contributed by atoms with Crippen LogP contribution in [0.25, 0.3) is 0 Å². The van der Waals surface area contributed by atoms with Crippen LogP contribution < -0.4 is 19.3 Å². The van der Waals surface area contributed by atoms with E-state index < -0.39 is 21.9 Å². The zero-order valence-corrected chi connectivity index (χ0v) is 21.1. The molecule has 0 saturated carbocycles. The number of benzene rings is 2. The molecule has 0 amide bonds. The number of fused-ring (bicyclic) bond motifs is 1. The van der Waals surface area contributed by atoms with Crippen LogP contribution in [-0.4, -0.2) is 58.3 Å². The Kier molecular flexibility index (Phi) is 6.34. The number of halogens is 2. The lowest BCUT2D eigenvalue weighted by molar-refractivity contribution is -0.964. The molecule has 194 valence electrons. The zero-order valence-electron chi connectivity index (χ0n) is 20.2. The van der Waals surface area contributed by atoms with E-state index in [4.69, 9.17) is 4.74 Å². The van der Waals surface area contributed by atoms with Gasteiger partial charge in [0.15, 0.2) is 0 Å². The summed E-state index contributed by atoms with van der Waals surface area (Å²) in [6.07, 6.45) is 4.11. The molecule has 1 aromatic heterocycles. The number of nitrogens with zero attached hydrogens (tertiary/aromatic N) is 2. The minimum Gasteiger partial charge on any atom is -0.487 e. The summed E-state index contributed by atoms with van der Waals surface area (Å²) in [5, 5.41) is 0. The molecule has 3 aliphatic rings. The number of likely N-dealkylation sites (tertiary alicyclic amines) is 1. The molecule has 7 nitrogen and oxygen atoms in total. The second-order valence-electron chi connectivity index (χ2n) is 10.1.